The summed E-state index contributed by atoms with van der Waals surface area (Å²) in [6, 6.07) is 13.9. The van der Waals surface area contributed by atoms with E-state index >= 15 is 0 Å². The van der Waals surface area contributed by atoms with Gasteiger partial charge < -0.3 is 9.47 Å². The first-order valence-electron chi connectivity index (χ1n) is 12.0. The highest BCUT2D eigenvalue weighted by molar-refractivity contribution is 5.71. The quantitative estimate of drug-likeness (QED) is 0.284. The third-order valence-corrected chi connectivity index (χ3v) is 5.69. The van der Waals surface area contributed by atoms with E-state index in [4.69, 9.17) is 9.47 Å². The standard InChI is InChI=1S/C28H42O2/c1-5-7-17-29-19-9-11-25-15-13-23(3)27(21-25)28-22-26(16-14-24(28)4)12-10-20-30-18-8-6-2/h13-16,21-22H,5-12,17-20H2,1-4H3. The Hall–Kier alpha value is -1.64. The lowest BCUT2D eigenvalue weighted by atomic mass is 9.92. The van der Waals surface area contributed by atoms with Crippen molar-refractivity contribution in [2.45, 2.75) is 79.1 Å². The number of ether oxygens (including phenoxy) is 2. The van der Waals surface area contributed by atoms with Crippen molar-refractivity contribution in [1.82, 2.24) is 0 Å². The summed E-state index contributed by atoms with van der Waals surface area (Å²) < 4.78 is 11.5. The van der Waals surface area contributed by atoms with Gasteiger partial charge in [0.15, 0.2) is 0 Å². The van der Waals surface area contributed by atoms with Crippen LogP contribution in [0.1, 0.15) is 74.6 Å². The first-order valence-corrected chi connectivity index (χ1v) is 12.0. The van der Waals surface area contributed by atoms with Gasteiger partial charge in [0.05, 0.1) is 0 Å². The second-order valence-corrected chi connectivity index (χ2v) is 8.44. The Bertz CT molecular complexity index is 672. The van der Waals surface area contributed by atoms with Gasteiger partial charge in [-0.1, -0.05) is 63.1 Å². The molecule has 0 heterocycles. The van der Waals surface area contributed by atoms with E-state index in [0.29, 0.717) is 0 Å². The minimum atomic E-state index is 0.859. The molecule has 0 atom stereocenters. The van der Waals surface area contributed by atoms with E-state index in [1.54, 1.807) is 0 Å². The maximum Gasteiger partial charge on any atom is 0.0469 e. The van der Waals surface area contributed by atoms with Crippen molar-refractivity contribution < 1.29 is 9.47 Å². The van der Waals surface area contributed by atoms with E-state index in [2.05, 4.69) is 64.1 Å². The Morgan fingerprint density at radius 2 is 0.967 bits per heavy atom. The van der Waals surface area contributed by atoms with Gasteiger partial charge in [-0.15, -0.1) is 0 Å². The van der Waals surface area contributed by atoms with Gasteiger partial charge in [-0.3, -0.25) is 0 Å². The Balaban J connectivity index is 1.97. The van der Waals surface area contributed by atoms with E-state index in [0.717, 1.165) is 65.0 Å². The topological polar surface area (TPSA) is 18.5 Å². The number of aryl methyl sites for hydroxylation is 4. The summed E-state index contributed by atoms with van der Waals surface area (Å²) in [6.07, 6.45) is 9.05. The molecule has 30 heavy (non-hydrogen) atoms. The molecule has 2 rings (SSSR count). The molecule has 2 nitrogen and oxygen atoms in total. The first kappa shape index (κ1) is 24.6. The predicted molar refractivity (Wildman–Crippen MR) is 129 cm³/mol. The van der Waals surface area contributed by atoms with Crippen LogP contribution in [0, 0.1) is 13.8 Å². The van der Waals surface area contributed by atoms with Crippen LogP contribution in [0.25, 0.3) is 11.1 Å². The molecule has 0 saturated carbocycles. The molecule has 0 saturated heterocycles. The van der Waals surface area contributed by atoms with Crippen molar-refractivity contribution in [2.75, 3.05) is 26.4 Å². The summed E-state index contributed by atoms with van der Waals surface area (Å²) in [5, 5.41) is 0. The molecule has 0 spiro atoms. The Labute approximate surface area is 185 Å². The van der Waals surface area contributed by atoms with Gasteiger partial charge in [0.2, 0.25) is 0 Å². The zero-order valence-electron chi connectivity index (χ0n) is 19.8. The lowest BCUT2D eigenvalue weighted by Gasteiger charge is -2.14. The van der Waals surface area contributed by atoms with E-state index < -0.39 is 0 Å². The van der Waals surface area contributed by atoms with Crippen molar-refractivity contribution in [2.24, 2.45) is 0 Å². The van der Waals surface area contributed by atoms with Crippen LogP contribution in [-0.4, -0.2) is 26.4 Å². The molecule has 0 aromatic heterocycles. The fraction of sp³-hybridized carbons (Fsp3) is 0.571. The minimum Gasteiger partial charge on any atom is -0.381 e. The zero-order chi connectivity index (χ0) is 21.6. The molecule has 0 aliphatic rings. The van der Waals surface area contributed by atoms with Gasteiger partial charge in [0, 0.05) is 26.4 Å². The summed E-state index contributed by atoms with van der Waals surface area (Å²) in [5.41, 5.74) is 8.26. The third-order valence-electron chi connectivity index (χ3n) is 5.69. The molecular formula is C28H42O2. The van der Waals surface area contributed by atoms with Crippen LogP contribution < -0.4 is 0 Å². The minimum absolute atomic E-state index is 0.859. The summed E-state index contributed by atoms with van der Waals surface area (Å²) in [7, 11) is 0. The lowest BCUT2D eigenvalue weighted by molar-refractivity contribution is 0.129. The average molecular weight is 411 g/mol. The molecule has 0 unspecified atom stereocenters. The summed E-state index contributed by atoms with van der Waals surface area (Å²) in [6.45, 7) is 12.4. The number of rotatable bonds is 15. The molecule has 0 aliphatic carbocycles. The molecular weight excluding hydrogens is 368 g/mol. The highest BCUT2D eigenvalue weighted by Gasteiger charge is 2.08. The number of hydrogen-bond acceptors (Lipinski definition) is 2. The summed E-state index contributed by atoms with van der Waals surface area (Å²) in [5.74, 6) is 0. The molecule has 0 amide bonds. The Kier molecular flexibility index (Phi) is 11.8. The first-order chi connectivity index (χ1) is 14.7. The van der Waals surface area contributed by atoms with Crippen LogP contribution in [0.4, 0.5) is 0 Å². The summed E-state index contributed by atoms with van der Waals surface area (Å²) in [4.78, 5) is 0. The molecule has 0 N–H and O–H groups in total. The van der Waals surface area contributed by atoms with Gasteiger partial charge in [-0.05, 0) is 85.8 Å². The molecule has 2 aromatic rings. The predicted octanol–water partition coefficient (Wildman–Crippen LogP) is 7.47. The average Bonchev–Trinajstić information content (AvgIpc) is 2.75. The van der Waals surface area contributed by atoms with Gasteiger partial charge in [0.1, 0.15) is 0 Å². The van der Waals surface area contributed by atoms with Crippen molar-refractivity contribution in [3.8, 4) is 11.1 Å². The fourth-order valence-corrected chi connectivity index (χ4v) is 3.68. The molecule has 166 valence electrons. The van der Waals surface area contributed by atoms with Crippen molar-refractivity contribution in [3.05, 3.63) is 58.7 Å². The van der Waals surface area contributed by atoms with Crippen LogP contribution in [0.2, 0.25) is 0 Å². The van der Waals surface area contributed by atoms with Crippen molar-refractivity contribution >= 4 is 0 Å². The van der Waals surface area contributed by atoms with Gasteiger partial charge in [0.25, 0.3) is 0 Å². The van der Waals surface area contributed by atoms with Crippen LogP contribution in [-0.2, 0) is 22.3 Å². The number of benzene rings is 2. The SMILES string of the molecule is CCCCOCCCc1ccc(C)c(-c2cc(CCCOCCCC)ccc2C)c1. The fourth-order valence-electron chi connectivity index (χ4n) is 3.68. The normalized spacial score (nSPS) is 11.2. The second kappa shape index (κ2) is 14.4. The van der Waals surface area contributed by atoms with Crippen molar-refractivity contribution in [3.63, 3.8) is 0 Å². The Morgan fingerprint density at radius 1 is 0.567 bits per heavy atom. The number of hydrogen-bond donors (Lipinski definition) is 0. The molecule has 2 aromatic carbocycles. The van der Waals surface area contributed by atoms with Gasteiger partial charge in [-0.2, -0.15) is 0 Å². The highest BCUT2D eigenvalue weighted by atomic mass is 16.5. The Morgan fingerprint density at radius 3 is 1.37 bits per heavy atom. The third kappa shape index (κ3) is 8.62. The van der Waals surface area contributed by atoms with Crippen LogP contribution >= 0.6 is 0 Å². The van der Waals surface area contributed by atoms with E-state index in [9.17, 15) is 0 Å². The van der Waals surface area contributed by atoms with E-state index in [-0.39, 0.29) is 0 Å². The van der Waals surface area contributed by atoms with Crippen LogP contribution in [0.3, 0.4) is 0 Å². The van der Waals surface area contributed by atoms with Crippen LogP contribution in [0.15, 0.2) is 36.4 Å². The number of unbranched alkanes of at least 4 members (excludes halogenated alkanes) is 2. The second-order valence-electron chi connectivity index (χ2n) is 8.44. The largest absolute Gasteiger partial charge is 0.381 e. The lowest BCUT2D eigenvalue weighted by Crippen LogP contribution is -2.00. The molecule has 0 bridgehead atoms. The highest BCUT2D eigenvalue weighted by Crippen LogP contribution is 2.29. The zero-order valence-corrected chi connectivity index (χ0v) is 19.8. The maximum absolute atomic E-state index is 5.73. The van der Waals surface area contributed by atoms with E-state index in [1.807, 2.05) is 0 Å². The van der Waals surface area contributed by atoms with Crippen LogP contribution in [0.5, 0.6) is 0 Å². The molecule has 2 heteroatoms. The molecule has 0 fully saturated rings. The monoisotopic (exact) mass is 410 g/mol. The van der Waals surface area contributed by atoms with Gasteiger partial charge >= 0.3 is 0 Å². The van der Waals surface area contributed by atoms with E-state index in [1.165, 1.54) is 46.2 Å². The van der Waals surface area contributed by atoms with Crippen molar-refractivity contribution in [1.29, 1.82) is 0 Å². The molecule has 0 radical (unpaired) electrons. The summed E-state index contributed by atoms with van der Waals surface area (Å²) >= 11 is 0. The molecule has 0 aliphatic heterocycles. The smallest absolute Gasteiger partial charge is 0.0469 e. The maximum atomic E-state index is 5.73. The van der Waals surface area contributed by atoms with Gasteiger partial charge in [-0.25, -0.2) is 0 Å².